The average molecular weight is 319 g/mol. The minimum absolute atomic E-state index is 0.00856. The Bertz CT molecular complexity index is 797. The lowest BCUT2D eigenvalue weighted by Gasteiger charge is -2.11. The van der Waals surface area contributed by atoms with Gasteiger partial charge in [-0.15, -0.1) is 0 Å². The summed E-state index contributed by atoms with van der Waals surface area (Å²) in [4.78, 5) is 4.24. The van der Waals surface area contributed by atoms with Crippen LogP contribution in [0, 0.1) is 11.3 Å². The van der Waals surface area contributed by atoms with E-state index in [1.54, 1.807) is 0 Å². The van der Waals surface area contributed by atoms with E-state index in [2.05, 4.69) is 16.4 Å². The van der Waals surface area contributed by atoms with Gasteiger partial charge in [0.1, 0.15) is 15.9 Å². The first-order valence-corrected chi connectivity index (χ1v) is 8.84. The van der Waals surface area contributed by atoms with Crippen LogP contribution >= 0.6 is 0 Å². The van der Waals surface area contributed by atoms with Crippen LogP contribution in [0.5, 0.6) is 0 Å². The number of aromatic nitrogens is 1. The lowest BCUT2D eigenvalue weighted by molar-refractivity contribution is 0.159. The molecule has 0 aliphatic rings. The molecule has 2 aromatic rings. The highest BCUT2D eigenvalue weighted by Crippen LogP contribution is 2.24. The molecule has 116 valence electrons. The van der Waals surface area contributed by atoms with Crippen molar-refractivity contribution >= 4 is 26.4 Å². The number of benzene rings is 1. The van der Waals surface area contributed by atoms with E-state index in [0.717, 1.165) is 16.6 Å². The van der Waals surface area contributed by atoms with Crippen molar-refractivity contribution in [1.29, 1.82) is 5.26 Å². The van der Waals surface area contributed by atoms with E-state index >= 15 is 0 Å². The highest BCUT2D eigenvalue weighted by molar-refractivity contribution is 7.90. The molecular weight excluding hydrogens is 302 g/mol. The molecule has 0 fully saturated rings. The third-order valence-corrected chi connectivity index (χ3v) is 3.95. The number of nitrogens with zero attached hydrogens (tertiary/aromatic N) is 2. The van der Waals surface area contributed by atoms with E-state index in [-0.39, 0.29) is 12.4 Å². The SMILES string of the molecule is CS(=O)(=O)CCOCCNc1c(C#N)cnc2ccccc12. The van der Waals surface area contributed by atoms with Gasteiger partial charge in [0.25, 0.3) is 0 Å². The summed E-state index contributed by atoms with van der Waals surface area (Å²) < 4.78 is 27.2. The van der Waals surface area contributed by atoms with Crippen molar-refractivity contribution in [3.63, 3.8) is 0 Å². The molecular formula is C15H17N3O3S. The number of fused-ring (bicyclic) bond motifs is 1. The van der Waals surface area contributed by atoms with E-state index in [0.29, 0.717) is 18.7 Å². The van der Waals surface area contributed by atoms with E-state index < -0.39 is 9.84 Å². The number of anilines is 1. The number of para-hydroxylation sites is 1. The van der Waals surface area contributed by atoms with Crippen molar-refractivity contribution in [3.8, 4) is 6.07 Å². The van der Waals surface area contributed by atoms with Gasteiger partial charge in [0.05, 0.1) is 35.7 Å². The van der Waals surface area contributed by atoms with Gasteiger partial charge >= 0.3 is 0 Å². The molecule has 0 saturated carbocycles. The molecule has 1 aromatic carbocycles. The van der Waals surface area contributed by atoms with Crippen LogP contribution in [0.3, 0.4) is 0 Å². The third kappa shape index (κ3) is 4.41. The molecule has 1 aromatic heterocycles. The first-order chi connectivity index (χ1) is 10.5. The Hall–Kier alpha value is -2.17. The zero-order chi connectivity index (χ0) is 16.0. The molecule has 0 unspecified atom stereocenters. The van der Waals surface area contributed by atoms with Gasteiger partial charge in [0, 0.05) is 24.4 Å². The Balaban J connectivity index is 1.98. The van der Waals surface area contributed by atoms with Crippen molar-refractivity contribution in [2.75, 3.05) is 37.1 Å². The van der Waals surface area contributed by atoms with Crippen LogP contribution in [0.2, 0.25) is 0 Å². The van der Waals surface area contributed by atoms with Gasteiger partial charge < -0.3 is 10.1 Å². The standard InChI is InChI=1S/C15H17N3O3S/c1-22(19,20)9-8-21-7-6-17-15-12(10-16)11-18-14-5-3-2-4-13(14)15/h2-5,11H,6-9H2,1H3,(H,17,18). The van der Waals surface area contributed by atoms with Crippen LogP contribution in [-0.2, 0) is 14.6 Å². The first kappa shape index (κ1) is 16.2. The van der Waals surface area contributed by atoms with E-state index in [9.17, 15) is 13.7 Å². The van der Waals surface area contributed by atoms with Crippen LogP contribution in [0.4, 0.5) is 5.69 Å². The van der Waals surface area contributed by atoms with Gasteiger partial charge in [-0.2, -0.15) is 5.26 Å². The first-order valence-electron chi connectivity index (χ1n) is 6.78. The Morgan fingerprint density at radius 3 is 2.82 bits per heavy atom. The van der Waals surface area contributed by atoms with Crippen LogP contribution in [0.15, 0.2) is 30.5 Å². The number of hydrogen-bond acceptors (Lipinski definition) is 6. The summed E-state index contributed by atoms with van der Waals surface area (Å²) in [5.41, 5.74) is 2.00. The lowest BCUT2D eigenvalue weighted by Crippen LogP contribution is -2.15. The van der Waals surface area contributed by atoms with Gasteiger partial charge in [0.2, 0.25) is 0 Å². The van der Waals surface area contributed by atoms with Crippen molar-refractivity contribution in [3.05, 3.63) is 36.0 Å². The lowest BCUT2D eigenvalue weighted by atomic mass is 10.1. The molecule has 1 N–H and O–H groups in total. The zero-order valence-electron chi connectivity index (χ0n) is 12.2. The predicted octanol–water partition coefficient (Wildman–Crippen LogP) is 1.58. The highest BCUT2D eigenvalue weighted by Gasteiger charge is 2.08. The van der Waals surface area contributed by atoms with Crippen LogP contribution < -0.4 is 5.32 Å². The molecule has 22 heavy (non-hydrogen) atoms. The molecule has 0 saturated heterocycles. The summed E-state index contributed by atoms with van der Waals surface area (Å²) in [7, 11) is -3.00. The second kappa shape index (κ2) is 7.20. The normalized spacial score (nSPS) is 11.3. The summed E-state index contributed by atoms with van der Waals surface area (Å²) in [5, 5.41) is 13.2. The Morgan fingerprint density at radius 2 is 2.09 bits per heavy atom. The Morgan fingerprint density at radius 1 is 1.32 bits per heavy atom. The largest absolute Gasteiger partial charge is 0.381 e. The summed E-state index contributed by atoms with van der Waals surface area (Å²) in [6, 6.07) is 9.67. The van der Waals surface area contributed by atoms with Gasteiger partial charge in [-0.1, -0.05) is 18.2 Å². The maximum Gasteiger partial charge on any atom is 0.149 e. The number of pyridine rings is 1. The summed E-state index contributed by atoms with van der Waals surface area (Å²) >= 11 is 0. The molecule has 1 heterocycles. The summed E-state index contributed by atoms with van der Waals surface area (Å²) in [5.74, 6) is 0.00856. The van der Waals surface area contributed by atoms with Crippen LogP contribution in [0.25, 0.3) is 10.9 Å². The number of sulfone groups is 1. The minimum atomic E-state index is -3.00. The maximum atomic E-state index is 11.0. The zero-order valence-corrected chi connectivity index (χ0v) is 13.1. The van der Waals surface area contributed by atoms with Gasteiger partial charge in [-0.25, -0.2) is 8.42 Å². The van der Waals surface area contributed by atoms with Gasteiger partial charge in [0.15, 0.2) is 0 Å². The monoisotopic (exact) mass is 319 g/mol. The van der Waals surface area contributed by atoms with Crippen molar-refractivity contribution in [1.82, 2.24) is 4.98 Å². The molecule has 0 aliphatic heterocycles. The average Bonchev–Trinajstić information content (AvgIpc) is 2.49. The highest BCUT2D eigenvalue weighted by atomic mass is 32.2. The number of ether oxygens (including phenoxy) is 1. The second-order valence-corrected chi connectivity index (χ2v) is 7.10. The molecule has 0 spiro atoms. The smallest absolute Gasteiger partial charge is 0.149 e. The fourth-order valence-electron chi connectivity index (χ4n) is 1.98. The fourth-order valence-corrected chi connectivity index (χ4v) is 2.40. The molecule has 7 heteroatoms. The van der Waals surface area contributed by atoms with Gasteiger partial charge in [-0.05, 0) is 6.07 Å². The van der Waals surface area contributed by atoms with E-state index in [1.165, 1.54) is 12.5 Å². The second-order valence-electron chi connectivity index (χ2n) is 4.84. The maximum absolute atomic E-state index is 11.0. The number of nitriles is 1. The molecule has 0 atom stereocenters. The molecule has 0 amide bonds. The molecule has 2 rings (SSSR count). The molecule has 0 radical (unpaired) electrons. The predicted molar refractivity (Wildman–Crippen MR) is 85.5 cm³/mol. The number of rotatable bonds is 7. The van der Waals surface area contributed by atoms with Crippen molar-refractivity contribution < 1.29 is 13.2 Å². The molecule has 0 bridgehead atoms. The number of nitrogens with one attached hydrogen (secondary N) is 1. The summed E-state index contributed by atoms with van der Waals surface area (Å²) in [6.45, 7) is 1.01. The summed E-state index contributed by atoms with van der Waals surface area (Å²) in [6.07, 6.45) is 2.71. The van der Waals surface area contributed by atoms with E-state index in [4.69, 9.17) is 4.74 Å². The van der Waals surface area contributed by atoms with Crippen LogP contribution in [0.1, 0.15) is 5.56 Å². The van der Waals surface area contributed by atoms with Crippen molar-refractivity contribution in [2.45, 2.75) is 0 Å². The van der Waals surface area contributed by atoms with Crippen molar-refractivity contribution in [2.24, 2.45) is 0 Å². The topological polar surface area (TPSA) is 92.1 Å². The fraction of sp³-hybridized carbons (Fsp3) is 0.333. The molecule has 0 aliphatic carbocycles. The van der Waals surface area contributed by atoms with Crippen LogP contribution in [-0.4, -0.2) is 45.2 Å². The van der Waals surface area contributed by atoms with Gasteiger partial charge in [-0.3, -0.25) is 4.98 Å². The quantitative estimate of drug-likeness (QED) is 0.779. The Labute approximate surface area is 129 Å². The Kier molecular flexibility index (Phi) is 5.31. The molecule has 6 nitrogen and oxygen atoms in total. The number of hydrogen-bond donors (Lipinski definition) is 1. The van der Waals surface area contributed by atoms with E-state index in [1.807, 2.05) is 24.3 Å². The third-order valence-electron chi connectivity index (χ3n) is 3.04. The minimum Gasteiger partial charge on any atom is -0.381 e.